The van der Waals surface area contributed by atoms with Crippen LogP contribution in [0.5, 0.6) is 0 Å². The SMILES string of the molecule is CC[C@H](C)NC(=O)[C@@H](Cc1ccccc1)N(Cc1ccc(Cl)cc1)C(=O)CN(c1ccc([N+](=O)[O-])cc1)S(=O)(=O)c1ccccc1. The van der Waals surface area contributed by atoms with Crippen molar-refractivity contribution in [3.05, 3.63) is 135 Å². The van der Waals surface area contributed by atoms with Crippen LogP contribution in [0.1, 0.15) is 31.4 Å². The number of sulfonamides is 1. The van der Waals surface area contributed by atoms with E-state index in [1.165, 1.54) is 41.3 Å². The Morgan fingerprint density at radius 2 is 1.46 bits per heavy atom. The highest BCUT2D eigenvalue weighted by atomic mass is 35.5. The van der Waals surface area contributed by atoms with Gasteiger partial charge in [0.05, 0.1) is 15.5 Å². The lowest BCUT2D eigenvalue weighted by molar-refractivity contribution is -0.384. The first-order valence-electron chi connectivity index (χ1n) is 14.7. The molecule has 0 saturated carbocycles. The van der Waals surface area contributed by atoms with Crippen molar-refractivity contribution in [2.24, 2.45) is 0 Å². The van der Waals surface area contributed by atoms with Gasteiger partial charge in [0.25, 0.3) is 15.7 Å². The van der Waals surface area contributed by atoms with Gasteiger partial charge in [0.15, 0.2) is 0 Å². The molecule has 0 saturated heterocycles. The van der Waals surface area contributed by atoms with E-state index in [1.807, 2.05) is 44.2 Å². The third-order valence-corrected chi connectivity index (χ3v) is 9.54. The van der Waals surface area contributed by atoms with Crippen LogP contribution in [0.4, 0.5) is 11.4 Å². The molecule has 4 aromatic carbocycles. The van der Waals surface area contributed by atoms with Gasteiger partial charge in [-0.25, -0.2) is 8.42 Å². The van der Waals surface area contributed by atoms with E-state index in [0.717, 1.165) is 9.87 Å². The third-order valence-electron chi connectivity index (χ3n) is 7.50. The highest BCUT2D eigenvalue weighted by Gasteiger charge is 2.35. The first kappa shape index (κ1) is 34.1. The zero-order chi connectivity index (χ0) is 33.3. The first-order chi connectivity index (χ1) is 22.0. The van der Waals surface area contributed by atoms with Gasteiger partial charge < -0.3 is 10.2 Å². The van der Waals surface area contributed by atoms with E-state index in [2.05, 4.69) is 5.32 Å². The summed E-state index contributed by atoms with van der Waals surface area (Å²) < 4.78 is 28.9. The molecule has 0 unspecified atom stereocenters. The van der Waals surface area contributed by atoms with Crippen molar-refractivity contribution in [2.45, 2.75) is 50.2 Å². The minimum Gasteiger partial charge on any atom is -0.352 e. The molecule has 0 heterocycles. The summed E-state index contributed by atoms with van der Waals surface area (Å²) in [6, 6.07) is 27.4. The van der Waals surface area contributed by atoms with E-state index >= 15 is 0 Å². The summed E-state index contributed by atoms with van der Waals surface area (Å²) in [6.07, 6.45) is 0.837. The van der Waals surface area contributed by atoms with Crippen molar-refractivity contribution in [1.29, 1.82) is 0 Å². The van der Waals surface area contributed by atoms with Crippen LogP contribution < -0.4 is 9.62 Å². The number of nitro groups is 1. The van der Waals surface area contributed by atoms with E-state index in [-0.39, 0.29) is 41.2 Å². The second-order valence-corrected chi connectivity index (χ2v) is 13.1. The van der Waals surface area contributed by atoms with Crippen LogP contribution in [-0.2, 0) is 32.6 Å². The Morgan fingerprint density at radius 1 is 0.870 bits per heavy atom. The fraction of sp³-hybridized carbons (Fsp3) is 0.235. The Morgan fingerprint density at radius 3 is 2.02 bits per heavy atom. The number of amides is 2. The lowest BCUT2D eigenvalue weighted by Gasteiger charge is -2.34. The number of hydrogen-bond donors (Lipinski definition) is 1. The Kier molecular flexibility index (Phi) is 11.5. The van der Waals surface area contributed by atoms with Gasteiger partial charge in [0.2, 0.25) is 11.8 Å². The number of halogens is 1. The summed E-state index contributed by atoms with van der Waals surface area (Å²) in [4.78, 5) is 40.3. The normalized spacial score (nSPS) is 12.5. The molecule has 4 rings (SSSR count). The van der Waals surface area contributed by atoms with Crippen LogP contribution in [0, 0.1) is 10.1 Å². The van der Waals surface area contributed by atoms with E-state index in [4.69, 9.17) is 11.6 Å². The van der Waals surface area contributed by atoms with Gasteiger partial charge in [-0.1, -0.05) is 79.2 Å². The van der Waals surface area contributed by atoms with Crippen LogP contribution >= 0.6 is 11.6 Å². The molecule has 240 valence electrons. The molecule has 2 atom stereocenters. The number of hydrogen-bond acceptors (Lipinski definition) is 6. The predicted octanol–water partition coefficient (Wildman–Crippen LogP) is 6.00. The average Bonchev–Trinajstić information content (AvgIpc) is 3.06. The second kappa shape index (κ2) is 15.5. The molecular formula is C34H35ClN4O6S. The van der Waals surface area contributed by atoms with E-state index in [0.29, 0.717) is 17.0 Å². The fourth-order valence-corrected chi connectivity index (χ4v) is 6.33. The Hall–Kier alpha value is -4.74. The highest BCUT2D eigenvalue weighted by molar-refractivity contribution is 7.92. The smallest absolute Gasteiger partial charge is 0.269 e. The minimum absolute atomic E-state index is 0.0130. The molecule has 46 heavy (non-hydrogen) atoms. The Labute approximate surface area is 273 Å². The maximum Gasteiger partial charge on any atom is 0.269 e. The minimum atomic E-state index is -4.32. The van der Waals surface area contributed by atoms with Gasteiger partial charge in [-0.2, -0.15) is 0 Å². The van der Waals surface area contributed by atoms with Crippen molar-refractivity contribution in [3.8, 4) is 0 Å². The van der Waals surface area contributed by atoms with Crippen molar-refractivity contribution in [3.63, 3.8) is 0 Å². The summed E-state index contributed by atoms with van der Waals surface area (Å²) in [5.74, 6) is -1.03. The molecule has 1 N–H and O–H groups in total. The van der Waals surface area contributed by atoms with Crippen molar-refractivity contribution >= 4 is 44.8 Å². The van der Waals surface area contributed by atoms with Crippen LogP contribution in [-0.4, -0.2) is 48.7 Å². The quantitative estimate of drug-likeness (QED) is 0.130. The number of carbonyl (C=O) groups is 2. The molecule has 0 aliphatic carbocycles. The number of carbonyl (C=O) groups excluding carboxylic acids is 2. The fourth-order valence-electron chi connectivity index (χ4n) is 4.77. The maximum absolute atomic E-state index is 14.4. The standard InChI is InChI=1S/C34H35ClN4O6S/c1-3-25(2)36-34(41)32(22-26-10-6-4-7-11-26)37(23-27-14-16-28(35)17-15-27)33(40)24-38(29-18-20-30(21-19-29)39(42)43)46(44,45)31-12-8-5-9-13-31/h4-21,25,32H,3,22-24H2,1-2H3,(H,36,41)/t25-,32+/m0/s1. The van der Waals surface area contributed by atoms with E-state index in [1.54, 1.807) is 42.5 Å². The summed E-state index contributed by atoms with van der Waals surface area (Å²) in [6.45, 7) is 3.11. The van der Waals surface area contributed by atoms with Gasteiger partial charge >= 0.3 is 0 Å². The number of nitrogens with zero attached hydrogens (tertiary/aromatic N) is 3. The summed E-state index contributed by atoms with van der Waals surface area (Å²) in [5.41, 5.74) is 1.31. The number of non-ortho nitro benzene ring substituents is 1. The number of nitro benzene ring substituents is 1. The molecule has 0 aromatic heterocycles. The molecule has 0 spiro atoms. The molecule has 0 aliphatic rings. The molecule has 0 fully saturated rings. The van der Waals surface area contributed by atoms with E-state index in [9.17, 15) is 28.1 Å². The maximum atomic E-state index is 14.4. The molecule has 0 radical (unpaired) electrons. The van der Waals surface area contributed by atoms with Crippen LogP contribution in [0.15, 0.2) is 114 Å². The van der Waals surface area contributed by atoms with Crippen LogP contribution in [0.3, 0.4) is 0 Å². The summed E-state index contributed by atoms with van der Waals surface area (Å²) in [7, 11) is -4.32. The molecule has 4 aromatic rings. The molecular weight excluding hydrogens is 628 g/mol. The van der Waals surface area contributed by atoms with E-state index < -0.39 is 33.4 Å². The van der Waals surface area contributed by atoms with Gasteiger partial charge in [-0.15, -0.1) is 0 Å². The number of nitrogens with one attached hydrogen (secondary N) is 1. The van der Waals surface area contributed by atoms with Crippen molar-refractivity contribution in [2.75, 3.05) is 10.8 Å². The topological polar surface area (TPSA) is 130 Å². The first-order valence-corrected chi connectivity index (χ1v) is 16.5. The monoisotopic (exact) mass is 662 g/mol. The average molecular weight is 663 g/mol. The lowest BCUT2D eigenvalue weighted by Crippen LogP contribution is -2.54. The number of anilines is 1. The number of benzene rings is 4. The van der Waals surface area contributed by atoms with Gasteiger partial charge in [0, 0.05) is 36.2 Å². The predicted molar refractivity (Wildman–Crippen MR) is 178 cm³/mol. The highest BCUT2D eigenvalue weighted by Crippen LogP contribution is 2.27. The zero-order valence-electron chi connectivity index (χ0n) is 25.5. The lowest BCUT2D eigenvalue weighted by atomic mass is 10.0. The molecule has 2 amide bonds. The van der Waals surface area contributed by atoms with Crippen LogP contribution in [0.2, 0.25) is 5.02 Å². The Balaban J connectivity index is 1.81. The van der Waals surface area contributed by atoms with Gasteiger partial charge in [0.1, 0.15) is 12.6 Å². The number of rotatable bonds is 14. The van der Waals surface area contributed by atoms with Gasteiger partial charge in [-0.3, -0.25) is 24.0 Å². The third kappa shape index (κ3) is 8.70. The zero-order valence-corrected chi connectivity index (χ0v) is 27.0. The second-order valence-electron chi connectivity index (χ2n) is 10.8. The molecule has 10 nitrogen and oxygen atoms in total. The van der Waals surface area contributed by atoms with Gasteiger partial charge in [-0.05, 0) is 60.9 Å². The summed E-state index contributed by atoms with van der Waals surface area (Å²) >= 11 is 6.12. The molecule has 0 bridgehead atoms. The molecule has 0 aliphatic heterocycles. The van der Waals surface area contributed by atoms with Crippen molar-refractivity contribution < 1.29 is 22.9 Å². The van der Waals surface area contributed by atoms with Crippen molar-refractivity contribution in [1.82, 2.24) is 10.2 Å². The summed E-state index contributed by atoms with van der Waals surface area (Å²) in [5, 5.41) is 14.8. The molecule has 12 heteroatoms. The Bertz CT molecular complexity index is 1740. The largest absolute Gasteiger partial charge is 0.352 e. The van der Waals surface area contributed by atoms with Crippen LogP contribution in [0.25, 0.3) is 0 Å².